The summed E-state index contributed by atoms with van der Waals surface area (Å²) in [5, 5.41) is 3.32. The van der Waals surface area contributed by atoms with Crippen molar-refractivity contribution >= 4 is 9.84 Å². The number of hydrogen-bond donors (Lipinski definition) is 0. The number of nitrogens with zero attached hydrogens (tertiary/aromatic N) is 3. The van der Waals surface area contributed by atoms with E-state index >= 15 is 0 Å². The zero-order chi connectivity index (χ0) is 7.61. The molecule has 0 aliphatic carbocycles. The van der Waals surface area contributed by atoms with Gasteiger partial charge in [0.05, 0.1) is 17.5 Å². The van der Waals surface area contributed by atoms with Crippen LogP contribution in [0, 0.1) is 0 Å². The van der Waals surface area contributed by atoms with Crippen LogP contribution >= 0.6 is 0 Å². The molecular formula is C5H11N3O2S. The van der Waals surface area contributed by atoms with Gasteiger partial charge in [0.15, 0.2) is 9.84 Å². The highest BCUT2D eigenvalue weighted by molar-refractivity contribution is 7.91. The summed E-state index contributed by atoms with van der Waals surface area (Å²) in [4.78, 5) is 2.54. The minimum absolute atomic E-state index is 0. The zero-order valence-electron chi connectivity index (χ0n) is 5.27. The van der Waals surface area contributed by atoms with Crippen LogP contribution in [-0.4, -0.2) is 26.0 Å². The summed E-state index contributed by atoms with van der Waals surface area (Å²) < 4.78 is 21.5. The molecule has 0 aromatic heterocycles. The molecule has 1 aliphatic rings. The minimum atomic E-state index is -2.88. The molecule has 5 nitrogen and oxygen atoms in total. The third kappa shape index (κ3) is 2.78. The second kappa shape index (κ2) is 3.59. The van der Waals surface area contributed by atoms with Crippen LogP contribution in [0.4, 0.5) is 0 Å². The van der Waals surface area contributed by atoms with E-state index < -0.39 is 9.84 Å². The first-order valence-corrected chi connectivity index (χ1v) is 4.71. The third-order valence-electron chi connectivity index (χ3n) is 1.42. The van der Waals surface area contributed by atoms with Gasteiger partial charge in [0.1, 0.15) is 0 Å². The summed E-state index contributed by atoms with van der Waals surface area (Å²) in [6.45, 7) is 0. The summed E-state index contributed by atoms with van der Waals surface area (Å²) >= 11 is 0. The Labute approximate surface area is 66.0 Å². The van der Waals surface area contributed by atoms with Crippen LogP contribution in [0.2, 0.25) is 0 Å². The highest BCUT2D eigenvalue weighted by atomic mass is 32.2. The molecule has 0 aromatic rings. The molecule has 0 N–H and O–H groups in total. The molecular weight excluding hydrogens is 166 g/mol. The van der Waals surface area contributed by atoms with Crippen LogP contribution in [0.3, 0.4) is 0 Å². The largest absolute Gasteiger partial charge is 0.229 e. The second-order valence-electron chi connectivity index (χ2n) is 2.26. The Morgan fingerprint density at radius 2 is 2.18 bits per heavy atom. The van der Waals surface area contributed by atoms with Crippen LogP contribution in [0.1, 0.15) is 13.8 Å². The topological polar surface area (TPSA) is 82.9 Å². The Balaban J connectivity index is 0.000001000. The van der Waals surface area contributed by atoms with E-state index in [1.54, 1.807) is 0 Å². The highest BCUT2D eigenvalue weighted by Gasteiger charge is 2.26. The van der Waals surface area contributed by atoms with Crippen LogP contribution in [0.25, 0.3) is 10.4 Å². The lowest BCUT2D eigenvalue weighted by molar-refractivity contribution is 0.601. The summed E-state index contributed by atoms with van der Waals surface area (Å²) in [6, 6.07) is -0.324. The number of hydrogen-bond acceptors (Lipinski definition) is 3. The van der Waals surface area contributed by atoms with E-state index in [4.69, 9.17) is 5.53 Å². The van der Waals surface area contributed by atoms with Crippen molar-refractivity contribution in [3.05, 3.63) is 10.4 Å². The predicted octanol–water partition coefficient (Wildman–Crippen LogP) is 1.12. The van der Waals surface area contributed by atoms with Crippen molar-refractivity contribution in [1.82, 2.24) is 0 Å². The molecule has 0 amide bonds. The number of azide groups is 1. The first-order valence-electron chi connectivity index (χ1n) is 2.89. The maximum atomic E-state index is 10.7. The molecule has 1 rings (SSSR count). The predicted molar refractivity (Wildman–Crippen MR) is 42.9 cm³/mol. The molecule has 1 unspecified atom stereocenters. The van der Waals surface area contributed by atoms with E-state index in [-0.39, 0.29) is 25.0 Å². The van der Waals surface area contributed by atoms with Gasteiger partial charge in [-0.25, -0.2) is 8.42 Å². The van der Waals surface area contributed by atoms with Crippen LogP contribution in [-0.2, 0) is 9.84 Å². The standard InChI is InChI=1S/C4H7N3O2S.CH4/c5-7-6-4-1-2-10(8,9)3-4;/h4H,1-3H2;1H4. The fourth-order valence-electron chi connectivity index (χ4n) is 0.939. The zero-order valence-corrected chi connectivity index (χ0v) is 6.08. The van der Waals surface area contributed by atoms with E-state index in [1.165, 1.54) is 0 Å². The minimum Gasteiger partial charge on any atom is -0.229 e. The van der Waals surface area contributed by atoms with E-state index in [0.717, 1.165) is 0 Å². The van der Waals surface area contributed by atoms with Crippen molar-refractivity contribution in [3.8, 4) is 0 Å². The smallest absolute Gasteiger partial charge is 0.150 e. The third-order valence-corrected chi connectivity index (χ3v) is 3.17. The number of rotatable bonds is 1. The monoisotopic (exact) mass is 177 g/mol. The molecule has 6 heteroatoms. The fourth-order valence-corrected chi connectivity index (χ4v) is 2.56. The van der Waals surface area contributed by atoms with Gasteiger partial charge in [0.2, 0.25) is 0 Å². The van der Waals surface area contributed by atoms with Crippen LogP contribution in [0.15, 0.2) is 5.11 Å². The van der Waals surface area contributed by atoms with Crippen molar-refractivity contribution in [1.29, 1.82) is 0 Å². The van der Waals surface area contributed by atoms with E-state index in [2.05, 4.69) is 10.0 Å². The average molecular weight is 177 g/mol. The molecule has 0 spiro atoms. The fraction of sp³-hybridized carbons (Fsp3) is 1.00. The lowest BCUT2D eigenvalue weighted by Gasteiger charge is -1.91. The van der Waals surface area contributed by atoms with Gasteiger partial charge >= 0.3 is 0 Å². The summed E-state index contributed by atoms with van der Waals surface area (Å²) in [7, 11) is -2.88. The van der Waals surface area contributed by atoms with Crippen molar-refractivity contribution in [3.63, 3.8) is 0 Å². The summed E-state index contributed by atoms with van der Waals surface area (Å²) in [5.74, 6) is 0.188. The van der Waals surface area contributed by atoms with Gasteiger partial charge < -0.3 is 0 Å². The van der Waals surface area contributed by atoms with Gasteiger partial charge in [-0.1, -0.05) is 12.5 Å². The van der Waals surface area contributed by atoms with E-state index in [9.17, 15) is 8.42 Å². The maximum Gasteiger partial charge on any atom is 0.150 e. The molecule has 0 saturated carbocycles. The van der Waals surface area contributed by atoms with E-state index in [1.807, 2.05) is 0 Å². The molecule has 64 valence electrons. The molecule has 0 aromatic carbocycles. The van der Waals surface area contributed by atoms with Crippen LogP contribution in [0.5, 0.6) is 0 Å². The lowest BCUT2D eigenvalue weighted by Crippen LogP contribution is -2.06. The van der Waals surface area contributed by atoms with Crippen molar-refractivity contribution in [2.24, 2.45) is 5.11 Å². The van der Waals surface area contributed by atoms with Gasteiger partial charge in [-0.15, -0.1) is 0 Å². The molecule has 1 atom stereocenters. The van der Waals surface area contributed by atoms with Gasteiger partial charge in [-0.05, 0) is 12.0 Å². The molecule has 1 aliphatic heterocycles. The average Bonchev–Trinajstić information content (AvgIpc) is 2.12. The lowest BCUT2D eigenvalue weighted by atomic mass is 10.3. The SMILES string of the molecule is C.[N-]=[N+]=NC1CCS(=O)(=O)C1. The Morgan fingerprint density at radius 1 is 1.55 bits per heavy atom. The van der Waals surface area contributed by atoms with Crippen molar-refractivity contribution < 1.29 is 8.42 Å². The summed E-state index contributed by atoms with van der Waals surface area (Å²) in [6.07, 6.45) is 0.479. The molecule has 0 bridgehead atoms. The Bertz CT molecular complexity index is 265. The second-order valence-corrected chi connectivity index (χ2v) is 4.49. The van der Waals surface area contributed by atoms with E-state index in [0.29, 0.717) is 6.42 Å². The highest BCUT2D eigenvalue weighted by Crippen LogP contribution is 2.14. The van der Waals surface area contributed by atoms with Crippen molar-refractivity contribution in [2.45, 2.75) is 19.9 Å². The van der Waals surface area contributed by atoms with Gasteiger partial charge in [0.25, 0.3) is 0 Å². The molecule has 11 heavy (non-hydrogen) atoms. The Morgan fingerprint density at radius 3 is 2.55 bits per heavy atom. The molecule has 1 saturated heterocycles. The Kier molecular flexibility index (Phi) is 3.35. The maximum absolute atomic E-state index is 10.7. The van der Waals surface area contributed by atoms with Gasteiger partial charge in [-0.3, -0.25) is 0 Å². The quantitative estimate of drug-likeness (QED) is 0.341. The molecule has 0 radical (unpaired) electrons. The first kappa shape index (κ1) is 10.3. The normalized spacial score (nSPS) is 26.7. The first-order chi connectivity index (χ1) is 4.64. The summed E-state index contributed by atoms with van der Waals surface area (Å²) in [5.41, 5.74) is 7.96. The number of sulfone groups is 1. The Hall–Kier alpha value is -0.740. The van der Waals surface area contributed by atoms with Crippen LogP contribution < -0.4 is 0 Å². The van der Waals surface area contributed by atoms with Gasteiger partial charge in [-0.2, -0.15) is 0 Å². The molecule has 1 fully saturated rings. The molecule has 1 heterocycles. The van der Waals surface area contributed by atoms with Crippen molar-refractivity contribution in [2.75, 3.05) is 11.5 Å². The van der Waals surface area contributed by atoms with Gasteiger partial charge in [0, 0.05) is 4.91 Å².